The number of aliphatic hydroxyl groups is 1. The van der Waals surface area contributed by atoms with Gasteiger partial charge in [0.2, 0.25) is 0 Å². The van der Waals surface area contributed by atoms with Crippen molar-refractivity contribution < 1.29 is 9.84 Å². The molecule has 0 heterocycles. The molecule has 90 valence electrons. The normalized spacial score (nSPS) is 11.2. The van der Waals surface area contributed by atoms with E-state index in [4.69, 9.17) is 4.74 Å². The van der Waals surface area contributed by atoms with Gasteiger partial charge in [-0.05, 0) is 29.8 Å². The van der Waals surface area contributed by atoms with Crippen LogP contribution in [0.3, 0.4) is 0 Å². The average molecular weight is 238 g/mol. The van der Waals surface area contributed by atoms with Crippen LogP contribution >= 0.6 is 0 Å². The summed E-state index contributed by atoms with van der Waals surface area (Å²) >= 11 is 0. The second kappa shape index (κ2) is 5.90. The fraction of sp³-hybridized carbons (Fsp3) is 0.125. The Labute approximate surface area is 107 Å². The Balaban J connectivity index is 2.11. The van der Waals surface area contributed by atoms with Gasteiger partial charge in [0.05, 0.1) is 7.11 Å². The minimum atomic E-state index is -0.756. The lowest BCUT2D eigenvalue weighted by Gasteiger charge is -2.02. The number of rotatable bonds is 2. The van der Waals surface area contributed by atoms with E-state index in [1.165, 1.54) is 0 Å². The Morgan fingerprint density at radius 3 is 2.28 bits per heavy atom. The first-order valence-corrected chi connectivity index (χ1v) is 5.68. The summed E-state index contributed by atoms with van der Waals surface area (Å²) in [7, 11) is 1.62. The number of aliphatic hydroxyl groups excluding tert-OH is 1. The van der Waals surface area contributed by atoms with Crippen molar-refractivity contribution in [1.82, 2.24) is 0 Å². The van der Waals surface area contributed by atoms with E-state index in [1.54, 1.807) is 7.11 Å². The smallest absolute Gasteiger partial charge is 0.140 e. The van der Waals surface area contributed by atoms with Gasteiger partial charge < -0.3 is 9.84 Å². The topological polar surface area (TPSA) is 29.5 Å². The van der Waals surface area contributed by atoms with E-state index >= 15 is 0 Å². The number of hydrogen-bond donors (Lipinski definition) is 1. The van der Waals surface area contributed by atoms with Crippen LogP contribution in [-0.4, -0.2) is 12.2 Å². The van der Waals surface area contributed by atoms with Gasteiger partial charge in [-0.15, -0.1) is 0 Å². The van der Waals surface area contributed by atoms with Gasteiger partial charge in [-0.25, -0.2) is 0 Å². The lowest BCUT2D eigenvalue weighted by atomic mass is 10.1. The molecule has 0 aromatic heterocycles. The van der Waals surface area contributed by atoms with Crippen LogP contribution in [0.15, 0.2) is 54.6 Å². The Kier molecular flexibility index (Phi) is 4.01. The van der Waals surface area contributed by atoms with Crippen molar-refractivity contribution in [1.29, 1.82) is 0 Å². The van der Waals surface area contributed by atoms with E-state index in [0.717, 1.165) is 16.9 Å². The van der Waals surface area contributed by atoms with Gasteiger partial charge in [0, 0.05) is 5.56 Å². The molecule has 2 heteroatoms. The lowest BCUT2D eigenvalue weighted by Crippen LogP contribution is -1.92. The standard InChI is InChI=1S/C16H14O2/c1-18-15-10-7-13(8-11-15)9-12-16(17)14-5-3-2-4-6-14/h2-8,10-11,16-17H,1H3/t16-/m1/s1. The largest absolute Gasteiger partial charge is 0.497 e. The maximum Gasteiger partial charge on any atom is 0.140 e. The van der Waals surface area contributed by atoms with Crippen LogP contribution in [0.1, 0.15) is 17.2 Å². The minimum absolute atomic E-state index is 0.756. The van der Waals surface area contributed by atoms with Crippen molar-refractivity contribution in [2.45, 2.75) is 6.10 Å². The van der Waals surface area contributed by atoms with Crippen LogP contribution in [0.5, 0.6) is 5.75 Å². The maximum atomic E-state index is 9.88. The predicted molar refractivity (Wildman–Crippen MR) is 71.3 cm³/mol. The van der Waals surface area contributed by atoms with E-state index in [9.17, 15) is 5.11 Å². The lowest BCUT2D eigenvalue weighted by molar-refractivity contribution is 0.238. The summed E-state index contributed by atoms with van der Waals surface area (Å²) in [5.74, 6) is 6.55. The molecule has 18 heavy (non-hydrogen) atoms. The zero-order chi connectivity index (χ0) is 12.8. The maximum absolute atomic E-state index is 9.88. The number of benzene rings is 2. The molecule has 0 amide bonds. The molecule has 0 fully saturated rings. The third-order valence-electron chi connectivity index (χ3n) is 2.56. The summed E-state index contributed by atoms with van der Waals surface area (Å²) in [6, 6.07) is 16.8. The van der Waals surface area contributed by atoms with Crippen LogP contribution in [0, 0.1) is 11.8 Å². The van der Waals surface area contributed by atoms with Crippen LogP contribution < -0.4 is 4.74 Å². The molecule has 0 bridgehead atoms. The van der Waals surface area contributed by atoms with E-state index in [-0.39, 0.29) is 0 Å². The molecule has 2 aromatic rings. The molecular weight excluding hydrogens is 224 g/mol. The first-order valence-electron chi connectivity index (χ1n) is 5.68. The number of ether oxygens (including phenoxy) is 1. The van der Waals surface area contributed by atoms with E-state index < -0.39 is 6.10 Å². The Morgan fingerprint density at radius 2 is 1.67 bits per heavy atom. The second-order valence-electron chi connectivity index (χ2n) is 3.81. The van der Waals surface area contributed by atoms with Gasteiger partial charge in [0.25, 0.3) is 0 Å². The van der Waals surface area contributed by atoms with Crippen LogP contribution in [-0.2, 0) is 0 Å². The summed E-state index contributed by atoms with van der Waals surface area (Å²) < 4.78 is 5.07. The second-order valence-corrected chi connectivity index (χ2v) is 3.81. The van der Waals surface area contributed by atoms with Gasteiger partial charge in [-0.3, -0.25) is 0 Å². The third kappa shape index (κ3) is 3.13. The fourth-order valence-corrected chi connectivity index (χ4v) is 1.54. The fourth-order valence-electron chi connectivity index (χ4n) is 1.54. The molecule has 1 atom stereocenters. The quantitative estimate of drug-likeness (QED) is 0.815. The van der Waals surface area contributed by atoms with Crippen molar-refractivity contribution in [3.8, 4) is 17.6 Å². The summed E-state index contributed by atoms with van der Waals surface area (Å²) in [4.78, 5) is 0. The molecular formula is C16H14O2. The van der Waals surface area contributed by atoms with Gasteiger partial charge in [-0.1, -0.05) is 42.2 Å². The highest BCUT2D eigenvalue weighted by Gasteiger charge is 2.00. The summed E-state index contributed by atoms with van der Waals surface area (Å²) in [6.07, 6.45) is -0.756. The molecule has 0 radical (unpaired) electrons. The Hall–Kier alpha value is -2.24. The van der Waals surface area contributed by atoms with E-state index in [0.29, 0.717) is 0 Å². The zero-order valence-electron chi connectivity index (χ0n) is 10.1. The SMILES string of the molecule is COc1ccc(C#C[C@@H](O)c2ccccc2)cc1. The van der Waals surface area contributed by atoms with Crippen LogP contribution in [0.2, 0.25) is 0 Å². The van der Waals surface area contributed by atoms with Gasteiger partial charge >= 0.3 is 0 Å². The molecule has 0 unspecified atom stereocenters. The monoisotopic (exact) mass is 238 g/mol. The van der Waals surface area contributed by atoms with Gasteiger partial charge in [0.15, 0.2) is 0 Å². The molecule has 0 saturated heterocycles. The summed E-state index contributed by atoms with van der Waals surface area (Å²) in [6.45, 7) is 0. The number of methoxy groups -OCH3 is 1. The molecule has 2 aromatic carbocycles. The van der Waals surface area contributed by atoms with Gasteiger partial charge in [0.1, 0.15) is 11.9 Å². The molecule has 0 saturated carbocycles. The van der Waals surface area contributed by atoms with Gasteiger partial charge in [-0.2, -0.15) is 0 Å². The highest BCUT2D eigenvalue weighted by molar-refractivity contribution is 5.39. The minimum Gasteiger partial charge on any atom is -0.497 e. The third-order valence-corrected chi connectivity index (χ3v) is 2.56. The van der Waals surface area contributed by atoms with Crippen molar-refractivity contribution in [2.24, 2.45) is 0 Å². The average Bonchev–Trinajstić information content (AvgIpc) is 2.46. The van der Waals surface area contributed by atoms with Crippen molar-refractivity contribution in [2.75, 3.05) is 7.11 Å². The molecule has 0 spiro atoms. The van der Waals surface area contributed by atoms with E-state index in [2.05, 4.69) is 11.8 Å². The molecule has 0 aliphatic rings. The van der Waals surface area contributed by atoms with Crippen LogP contribution in [0.25, 0.3) is 0 Å². The molecule has 0 aliphatic carbocycles. The number of hydrogen-bond acceptors (Lipinski definition) is 2. The Morgan fingerprint density at radius 1 is 1.00 bits per heavy atom. The van der Waals surface area contributed by atoms with Crippen molar-refractivity contribution in [3.05, 3.63) is 65.7 Å². The van der Waals surface area contributed by atoms with Crippen molar-refractivity contribution in [3.63, 3.8) is 0 Å². The first kappa shape index (κ1) is 12.2. The predicted octanol–water partition coefficient (Wildman–Crippen LogP) is 2.78. The summed E-state index contributed by atoms with van der Waals surface area (Å²) in [5.41, 5.74) is 1.66. The van der Waals surface area contributed by atoms with E-state index in [1.807, 2.05) is 54.6 Å². The zero-order valence-corrected chi connectivity index (χ0v) is 10.1. The highest BCUT2D eigenvalue weighted by atomic mass is 16.5. The Bertz CT molecular complexity index is 547. The highest BCUT2D eigenvalue weighted by Crippen LogP contribution is 2.12. The van der Waals surface area contributed by atoms with Crippen LogP contribution in [0.4, 0.5) is 0 Å². The van der Waals surface area contributed by atoms with Crippen molar-refractivity contribution >= 4 is 0 Å². The molecule has 2 nitrogen and oxygen atoms in total. The molecule has 2 rings (SSSR count). The molecule has 1 N–H and O–H groups in total. The summed E-state index contributed by atoms with van der Waals surface area (Å²) in [5, 5.41) is 9.88. The molecule has 0 aliphatic heterocycles. The first-order chi connectivity index (χ1) is 8.79.